The molecule has 1 N–H and O–H groups in total. The molecule has 0 aromatic heterocycles. The molecule has 5 nitrogen and oxygen atoms in total. The van der Waals surface area contributed by atoms with Gasteiger partial charge in [-0.05, 0) is 23.1 Å². The topological polar surface area (TPSA) is 56.8 Å². The number of nitrogens with one attached hydrogen (secondary N) is 1. The van der Waals surface area contributed by atoms with Gasteiger partial charge in [0.2, 0.25) is 0 Å². The largest absolute Gasteiger partial charge is 0.486 e. The molecule has 1 heterocycles. The van der Waals surface area contributed by atoms with Gasteiger partial charge in [-0.2, -0.15) is 0 Å². The van der Waals surface area contributed by atoms with Gasteiger partial charge in [-0.1, -0.05) is 44.5 Å². The van der Waals surface area contributed by atoms with Crippen molar-refractivity contribution in [2.75, 3.05) is 25.1 Å². The number of halogens is 1. The number of hydrogen-bond acceptors (Lipinski definition) is 4. The monoisotopic (exact) mass is 375 g/mol. The SMILES string of the molecule is CC(C)(C)c1ccc(OCC(=O)Nc2cc3c(cc2Cl)OCCO3)cc1. The molecule has 0 unspecified atom stereocenters. The van der Waals surface area contributed by atoms with Gasteiger partial charge in [-0.25, -0.2) is 0 Å². The fraction of sp³-hybridized carbons (Fsp3) is 0.350. The maximum Gasteiger partial charge on any atom is 0.262 e. The molecule has 0 saturated carbocycles. The fourth-order valence-electron chi connectivity index (χ4n) is 2.55. The summed E-state index contributed by atoms with van der Waals surface area (Å²) in [6.45, 7) is 7.28. The predicted octanol–water partition coefficient (Wildman–Crippen LogP) is 4.43. The lowest BCUT2D eigenvalue weighted by Crippen LogP contribution is -2.21. The highest BCUT2D eigenvalue weighted by molar-refractivity contribution is 6.34. The Hall–Kier alpha value is -2.40. The molecule has 0 fully saturated rings. The van der Waals surface area contributed by atoms with E-state index in [2.05, 4.69) is 26.1 Å². The minimum atomic E-state index is -0.302. The van der Waals surface area contributed by atoms with E-state index in [1.165, 1.54) is 5.56 Å². The number of ether oxygens (including phenoxy) is 3. The Morgan fingerprint density at radius 2 is 1.73 bits per heavy atom. The second-order valence-electron chi connectivity index (χ2n) is 7.09. The first-order valence-electron chi connectivity index (χ1n) is 8.45. The molecule has 2 aromatic carbocycles. The summed E-state index contributed by atoms with van der Waals surface area (Å²) in [6, 6.07) is 11.0. The molecule has 0 spiro atoms. The summed E-state index contributed by atoms with van der Waals surface area (Å²) in [7, 11) is 0. The van der Waals surface area contributed by atoms with E-state index in [0.29, 0.717) is 41.2 Å². The summed E-state index contributed by atoms with van der Waals surface area (Å²) in [5.41, 5.74) is 1.75. The van der Waals surface area contributed by atoms with Crippen molar-refractivity contribution >= 4 is 23.2 Å². The van der Waals surface area contributed by atoms with Gasteiger partial charge in [0.05, 0.1) is 10.7 Å². The van der Waals surface area contributed by atoms with Crippen molar-refractivity contribution in [1.82, 2.24) is 0 Å². The predicted molar refractivity (Wildman–Crippen MR) is 102 cm³/mol. The summed E-state index contributed by atoms with van der Waals surface area (Å²) in [4.78, 5) is 12.2. The molecule has 0 saturated heterocycles. The molecule has 138 valence electrons. The van der Waals surface area contributed by atoms with Crippen molar-refractivity contribution in [2.24, 2.45) is 0 Å². The quantitative estimate of drug-likeness (QED) is 0.859. The molecule has 1 amide bonds. The van der Waals surface area contributed by atoms with E-state index in [4.69, 9.17) is 25.8 Å². The zero-order chi connectivity index (χ0) is 18.7. The van der Waals surface area contributed by atoms with Gasteiger partial charge in [0.1, 0.15) is 19.0 Å². The van der Waals surface area contributed by atoms with Crippen molar-refractivity contribution in [3.05, 3.63) is 47.0 Å². The molecule has 0 aliphatic carbocycles. The van der Waals surface area contributed by atoms with Crippen molar-refractivity contribution in [3.63, 3.8) is 0 Å². The van der Waals surface area contributed by atoms with E-state index >= 15 is 0 Å². The van der Waals surface area contributed by atoms with Gasteiger partial charge >= 0.3 is 0 Å². The molecule has 1 aliphatic rings. The average Bonchev–Trinajstić information content (AvgIpc) is 2.60. The second-order valence-corrected chi connectivity index (χ2v) is 7.49. The third-order valence-electron chi connectivity index (χ3n) is 4.00. The maximum absolute atomic E-state index is 12.2. The number of benzene rings is 2. The Labute approximate surface area is 158 Å². The molecular formula is C20H22ClNO4. The number of fused-ring (bicyclic) bond motifs is 1. The van der Waals surface area contributed by atoms with E-state index < -0.39 is 0 Å². The fourth-order valence-corrected chi connectivity index (χ4v) is 2.75. The van der Waals surface area contributed by atoms with Crippen LogP contribution in [-0.2, 0) is 10.2 Å². The number of carbonyl (C=O) groups excluding carboxylic acids is 1. The highest BCUT2D eigenvalue weighted by atomic mass is 35.5. The molecule has 0 bridgehead atoms. The van der Waals surface area contributed by atoms with Crippen molar-refractivity contribution < 1.29 is 19.0 Å². The van der Waals surface area contributed by atoms with Gasteiger partial charge in [-0.3, -0.25) is 4.79 Å². The summed E-state index contributed by atoms with van der Waals surface area (Å²) in [5.74, 6) is 1.48. The van der Waals surface area contributed by atoms with E-state index in [-0.39, 0.29) is 17.9 Å². The van der Waals surface area contributed by atoms with E-state index in [1.807, 2.05) is 24.3 Å². The van der Waals surface area contributed by atoms with Crippen LogP contribution in [0.1, 0.15) is 26.3 Å². The van der Waals surface area contributed by atoms with Crippen LogP contribution in [-0.4, -0.2) is 25.7 Å². The van der Waals surface area contributed by atoms with Gasteiger partial charge < -0.3 is 19.5 Å². The molecule has 2 aromatic rings. The first-order valence-corrected chi connectivity index (χ1v) is 8.83. The first-order chi connectivity index (χ1) is 12.3. The van der Waals surface area contributed by atoms with Crippen LogP contribution in [0.25, 0.3) is 0 Å². The Bertz CT molecular complexity index is 797. The molecule has 6 heteroatoms. The normalized spacial score (nSPS) is 13.2. The van der Waals surface area contributed by atoms with Gasteiger partial charge in [0.25, 0.3) is 5.91 Å². The first kappa shape index (κ1) is 18.4. The lowest BCUT2D eigenvalue weighted by Gasteiger charge is -2.20. The zero-order valence-corrected chi connectivity index (χ0v) is 15.9. The Morgan fingerprint density at radius 3 is 2.35 bits per heavy atom. The number of anilines is 1. The van der Waals surface area contributed by atoms with Crippen LogP contribution in [0.3, 0.4) is 0 Å². The summed E-state index contributed by atoms with van der Waals surface area (Å²) in [6.07, 6.45) is 0. The Morgan fingerprint density at radius 1 is 1.12 bits per heavy atom. The molecule has 0 atom stereocenters. The number of rotatable bonds is 4. The molecule has 0 radical (unpaired) electrons. The van der Waals surface area contributed by atoms with Gasteiger partial charge in [0.15, 0.2) is 18.1 Å². The van der Waals surface area contributed by atoms with Crippen LogP contribution in [0.15, 0.2) is 36.4 Å². The molecule has 1 aliphatic heterocycles. The van der Waals surface area contributed by atoms with Crippen LogP contribution in [0, 0.1) is 0 Å². The van der Waals surface area contributed by atoms with Crippen LogP contribution in [0.2, 0.25) is 5.02 Å². The maximum atomic E-state index is 12.2. The highest BCUT2D eigenvalue weighted by Crippen LogP contribution is 2.37. The molecule has 3 rings (SSSR count). The standard InChI is InChI=1S/C20H22ClNO4/c1-20(2,3)13-4-6-14(7-5-13)26-12-19(23)22-16-11-18-17(10-15(16)21)24-8-9-25-18/h4-7,10-11H,8-9,12H2,1-3H3,(H,22,23). The number of amides is 1. The Balaban J connectivity index is 1.59. The summed E-state index contributed by atoms with van der Waals surface area (Å²) >= 11 is 6.19. The van der Waals surface area contributed by atoms with E-state index in [0.717, 1.165) is 0 Å². The summed E-state index contributed by atoms with van der Waals surface area (Å²) < 4.78 is 16.5. The van der Waals surface area contributed by atoms with Crippen LogP contribution in [0.5, 0.6) is 17.2 Å². The van der Waals surface area contributed by atoms with Crippen molar-refractivity contribution in [2.45, 2.75) is 26.2 Å². The number of carbonyl (C=O) groups is 1. The minimum Gasteiger partial charge on any atom is -0.486 e. The Kier molecular flexibility index (Phi) is 5.28. The minimum absolute atomic E-state index is 0.0743. The number of hydrogen-bond donors (Lipinski definition) is 1. The van der Waals surface area contributed by atoms with Gasteiger partial charge in [-0.15, -0.1) is 0 Å². The lowest BCUT2D eigenvalue weighted by molar-refractivity contribution is -0.118. The summed E-state index contributed by atoms with van der Waals surface area (Å²) in [5, 5.41) is 3.12. The third-order valence-corrected chi connectivity index (χ3v) is 4.31. The van der Waals surface area contributed by atoms with Crippen LogP contribution in [0.4, 0.5) is 5.69 Å². The van der Waals surface area contributed by atoms with Crippen LogP contribution < -0.4 is 19.5 Å². The second kappa shape index (κ2) is 7.46. The third kappa shape index (κ3) is 4.41. The zero-order valence-electron chi connectivity index (χ0n) is 15.1. The van der Waals surface area contributed by atoms with E-state index in [1.54, 1.807) is 12.1 Å². The molecule has 26 heavy (non-hydrogen) atoms. The van der Waals surface area contributed by atoms with E-state index in [9.17, 15) is 4.79 Å². The van der Waals surface area contributed by atoms with Crippen LogP contribution >= 0.6 is 11.6 Å². The van der Waals surface area contributed by atoms with Crippen molar-refractivity contribution in [1.29, 1.82) is 0 Å². The lowest BCUT2D eigenvalue weighted by atomic mass is 9.87. The highest BCUT2D eigenvalue weighted by Gasteiger charge is 2.17. The van der Waals surface area contributed by atoms with Gasteiger partial charge in [0, 0.05) is 12.1 Å². The van der Waals surface area contributed by atoms with Crippen molar-refractivity contribution in [3.8, 4) is 17.2 Å². The average molecular weight is 376 g/mol. The molecular weight excluding hydrogens is 354 g/mol. The smallest absolute Gasteiger partial charge is 0.262 e.